The topological polar surface area (TPSA) is 227 Å². The molecule has 3 amide bonds. The molecule has 6 N–H and O–H groups in total. The number of carboxylic acids is 3. The Labute approximate surface area is 290 Å². The number of carboxylic acid groups (broad SMARTS) is 3. The van der Waals surface area contributed by atoms with E-state index in [0.717, 1.165) is 0 Å². The number of ether oxygens (including phenoxy) is 3. The highest BCUT2D eigenvalue weighted by Crippen LogP contribution is 2.26. The van der Waals surface area contributed by atoms with Crippen LogP contribution in [0.25, 0.3) is 12.2 Å². The van der Waals surface area contributed by atoms with Gasteiger partial charge in [-0.05, 0) is 72.4 Å². The fraction of sp³-hybridized carbons (Fsp3) is 0.429. The summed E-state index contributed by atoms with van der Waals surface area (Å²) in [5.74, 6) is -3.75. The SMILES string of the molecule is CC(C)C[C@H](NC(=O)Oc1cc(/C=C/c2ccc(OC(=O)N[C@H](CC(C)C)C(=O)O)cc2)cc(OC(=O)N[C@@H](CC(C)C)C(=O)O)c1)C(=O)O. The van der Waals surface area contributed by atoms with Crippen molar-refractivity contribution in [1.82, 2.24) is 16.0 Å². The highest BCUT2D eigenvalue weighted by molar-refractivity contribution is 5.83. The smallest absolute Gasteiger partial charge is 0.413 e. The summed E-state index contributed by atoms with van der Waals surface area (Å²) < 4.78 is 15.9. The maximum absolute atomic E-state index is 12.6. The number of benzene rings is 2. The number of aliphatic carboxylic acids is 3. The van der Waals surface area contributed by atoms with E-state index in [0.29, 0.717) is 11.1 Å². The van der Waals surface area contributed by atoms with E-state index >= 15 is 0 Å². The van der Waals surface area contributed by atoms with Crippen molar-refractivity contribution >= 4 is 48.3 Å². The third kappa shape index (κ3) is 15.1. The van der Waals surface area contributed by atoms with Gasteiger partial charge in [0.2, 0.25) is 0 Å². The first-order chi connectivity index (χ1) is 23.4. The van der Waals surface area contributed by atoms with Crippen LogP contribution in [0, 0.1) is 17.8 Å². The summed E-state index contributed by atoms with van der Waals surface area (Å²) in [5, 5.41) is 35.2. The van der Waals surface area contributed by atoms with E-state index < -0.39 is 54.3 Å². The predicted molar refractivity (Wildman–Crippen MR) is 182 cm³/mol. The third-order valence-electron chi connectivity index (χ3n) is 6.77. The number of nitrogens with one attached hydrogen (secondary N) is 3. The van der Waals surface area contributed by atoms with Gasteiger partial charge in [-0.25, -0.2) is 28.8 Å². The highest BCUT2D eigenvalue weighted by atomic mass is 16.6. The second-order valence-electron chi connectivity index (χ2n) is 12.8. The van der Waals surface area contributed by atoms with Gasteiger partial charge in [0.05, 0.1) is 0 Å². The molecule has 2 aromatic rings. The van der Waals surface area contributed by atoms with Crippen molar-refractivity contribution in [2.75, 3.05) is 0 Å². The second-order valence-corrected chi connectivity index (χ2v) is 12.8. The van der Waals surface area contributed by atoms with Crippen LogP contribution in [0.1, 0.15) is 71.9 Å². The molecule has 50 heavy (non-hydrogen) atoms. The van der Waals surface area contributed by atoms with Crippen LogP contribution in [-0.4, -0.2) is 69.6 Å². The van der Waals surface area contributed by atoms with E-state index in [1.54, 1.807) is 52.0 Å². The molecule has 272 valence electrons. The van der Waals surface area contributed by atoms with Crippen LogP contribution in [0.5, 0.6) is 17.2 Å². The van der Waals surface area contributed by atoms with Gasteiger partial charge in [0, 0.05) is 6.07 Å². The summed E-state index contributed by atoms with van der Waals surface area (Å²) in [5.41, 5.74) is 0.998. The van der Waals surface area contributed by atoms with Gasteiger partial charge in [-0.2, -0.15) is 0 Å². The fourth-order valence-corrected chi connectivity index (χ4v) is 4.56. The van der Waals surface area contributed by atoms with Gasteiger partial charge in [-0.15, -0.1) is 0 Å². The van der Waals surface area contributed by atoms with Crippen molar-refractivity contribution in [3.8, 4) is 17.2 Å². The summed E-state index contributed by atoms with van der Waals surface area (Å²) in [6.07, 6.45) is 0.714. The van der Waals surface area contributed by atoms with E-state index in [-0.39, 0.29) is 54.3 Å². The maximum Gasteiger partial charge on any atom is 0.413 e. The van der Waals surface area contributed by atoms with E-state index in [4.69, 9.17) is 14.2 Å². The van der Waals surface area contributed by atoms with Crippen LogP contribution in [-0.2, 0) is 14.4 Å². The number of hydrogen-bond acceptors (Lipinski definition) is 9. The van der Waals surface area contributed by atoms with E-state index in [1.807, 2.05) is 13.8 Å². The Morgan fingerprint density at radius 3 is 1.16 bits per heavy atom. The van der Waals surface area contributed by atoms with Crippen LogP contribution < -0.4 is 30.2 Å². The summed E-state index contributed by atoms with van der Waals surface area (Å²) >= 11 is 0. The summed E-state index contributed by atoms with van der Waals surface area (Å²) in [7, 11) is 0. The minimum Gasteiger partial charge on any atom is -0.480 e. The van der Waals surface area contributed by atoms with E-state index in [1.165, 1.54) is 30.3 Å². The van der Waals surface area contributed by atoms with Crippen molar-refractivity contribution in [3.05, 3.63) is 53.6 Å². The zero-order valence-corrected chi connectivity index (χ0v) is 28.8. The Balaban J connectivity index is 2.28. The first-order valence-corrected chi connectivity index (χ1v) is 16.0. The number of hydrogen-bond donors (Lipinski definition) is 6. The average Bonchev–Trinajstić information content (AvgIpc) is 2.98. The summed E-state index contributed by atoms with van der Waals surface area (Å²) in [6.45, 7) is 10.9. The molecule has 0 aliphatic rings. The minimum absolute atomic E-state index is 0.0321. The number of rotatable bonds is 17. The molecule has 2 aromatic carbocycles. The lowest BCUT2D eigenvalue weighted by Gasteiger charge is -2.17. The zero-order valence-electron chi connectivity index (χ0n) is 28.8. The fourth-order valence-electron chi connectivity index (χ4n) is 4.56. The van der Waals surface area contributed by atoms with E-state index in [9.17, 15) is 44.1 Å². The quantitative estimate of drug-likeness (QED) is 0.111. The van der Waals surface area contributed by atoms with Gasteiger partial charge in [0.15, 0.2) is 0 Å². The summed E-state index contributed by atoms with van der Waals surface area (Å²) in [4.78, 5) is 72.2. The molecule has 0 radical (unpaired) electrons. The van der Waals surface area contributed by atoms with Gasteiger partial charge in [0.25, 0.3) is 0 Å². The molecule has 0 spiro atoms. The standard InChI is InChI=1S/C35H45N3O12/c1-19(2)13-27(30(39)40)36-33(45)48-24-11-9-22(10-12-24)7-8-23-16-25(49-34(46)37-28(31(41)42)14-20(3)4)18-26(17-23)50-35(47)38-29(32(43)44)15-21(5)6/h7-12,16-21,27-29H,13-15H2,1-6H3,(H,36,45)(H,37,46)(H,38,47)(H,39,40)(H,41,42)(H,43,44)/b8-7+/t27-,28+,29+/m1/s1. The largest absolute Gasteiger partial charge is 0.480 e. The first kappa shape index (κ1) is 40.6. The average molecular weight is 700 g/mol. The van der Waals surface area contributed by atoms with Gasteiger partial charge in [-0.1, -0.05) is 65.8 Å². The first-order valence-electron chi connectivity index (χ1n) is 16.0. The lowest BCUT2D eigenvalue weighted by atomic mass is 10.0. The molecule has 0 aliphatic heterocycles. The van der Waals surface area contributed by atoms with Crippen LogP contribution in [0.4, 0.5) is 14.4 Å². The Morgan fingerprint density at radius 1 is 0.520 bits per heavy atom. The molecular weight excluding hydrogens is 654 g/mol. The molecule has 0 unspecified atom stereocenters. The normalized spacial score (nSPS) is 13.0. The Hall–Kier alpha value is -5.60. The molecule has 0 saturated carbocycles. The number of carbonyl (C=O) groups is 6. The van der Waals surface area contributed by atoms with Crippen molar-refractivity contribution < 1.29 is 58.3 Å². The van der Waals surface area contributed by atoms with Crippen molar-refractivity contribution in [2.45, 2.75) is 78.9 Å². The predicted octanol–water partition coefficient (Wildman–Crippen LogP) is 5.62. The molecule has 15 nitrogen and oxygen atoms in total. The number of amides is 3. The molecule has 0 saturated heterocycles. The molecule has 3 atom stereocenters. The van der Waals surface area contributed by atoms with Crippen LogP contribution in [0.15, 0.2) is 42.5 Å². The summed E-state index contributed by atoms with van der Waals surface area (Å²) in [6, 6.07) is 6.75. The second kappa shape index (κ2) is 19.4. The molecular formula is C35H45N3O12. The Morgan fingerprint density at radius 2 is 0.840 bits per heavy atom. The number of carbonyl (C=O) groups excluding carboxylic acids is 3. The zero-order chi connectivity index (χ0) is 37.5. The maximum atomic E-state index is 12.6. The van der Waals surface area contributed by atoms with Crippen LogP contribution in [0.2, 0.25) is 0 Å². The molecule has 0 heterocycles. The molecule has 0 aliphatic carbocycles. The lowest BCUT2D eigenvalue weighted by molar-refractivity contribution is -0.140. The van der Waals surface area contributed by atoms with Gasteiger partial charge in [-0.3, -0.25) is 0 Å². The van der Waals surface area contributed by atoms with Gasteiger partial charge < -0.3 is 45.5 Å². The lowest BCUT2D eigenvalue weighted by Crippen LogP contribution is -2.43. The molecule has 0 aromatic heterocycles. The van der Waals surface area contributed by atoms with Crippen LogP contribution in [0.3, 0.4) is 0 Å². The minimum atomic E-state index is -1.24. The Bertz CT molecular complexity index is 1470. The molecule has 0 fully saturated rings. The van der Waals surface area contributed by atoms with Crippen LogP contribution >= 0.6 is 0 Å². The Kier molecular flexibility index (Phi) is 15.8. The monoisotopic (exact) mass is 699 g/mol. The molecule has 0 bridgehead atoms. The van der Waals surface area contributed by atoms with Crippen molar-refractivity contribution in [1.29, 1.82) is 0 Å². The van der Waals surface area contributed by atoms with Gasteiger partial charge in [0.1, 0.15) is 35.4 Å². The molecule has 15 heteroatoms. The van der Waals surface area contributed by atoms with E-state index in [2.05, 4.69) is 16.0 Å². The third-order valence-corrected chi connectivity index (χ3v) is 6.77. The van der Waals surface area contributed by atoms with Crippen molar-refractivity contribution in [3.63, 3.8) is 0 Å². The molecule has 2 rings (SSSR count). The van der Waals surface area contributed by atoms with Gasteiger partial charge >= 0.3 is 36.2 Å². The highest BCUT2D eigenvalue weighted by Gasteiger charge is 2.25. The van der Waals surface area contributed by atoms with Crippen molar-refractivity contribution in [2.24, 2.45) is 17.8 Å².